The lowest BCUT2D eigenvalue weighted by Crippen LogP contribution is -2.08. The van der Waals surface area contributed by atoms with Crippen molar-refractivity contribution >= 4 is 22.6 Å². The quantitative estimate of drug-likeness (QED) is 0.565. The largest absolute Gasteiger partial charge is 0.470 e. The SMILES string of the molecule is Cc1nnn(-c2ccc(C(F)F)cc2)c1COc1ccc(I)nn1. The van der Waals surface area contributed by atoms with Crippen molar-refractivity contribution in [3.63, 3.8) is 0 Å². The fraction of sp³-hybridized carbons (Fsp3) is 0.200. The van der Waals surface area contributed by atoms with Gasteiger partial charge < -0.3 is 4.74 Å². The van der Waals surface area contributed by atoms with E-state index in [-0.39, 0.29) is 12.2 Å². The van der Waals surface area contributed by atoms with Gasteiger partial charge in [-0.25, -0.2) is 13.5 Å². The maximum atomic E-state index is 12.7. The monoisotopic (exact) mass is 443 g/mol. The summed E-state index contributed by atoms with van der Waals surface area (Å²) < 4.78 is 33.2. The molecule has 0 unspecified atom stereocenters. The van der Waals surface area contributed by atoms with Gasteiger partial charge in [0.25, 0.3) is 6.43 Å². The number of halogens is 3. The van der Waals surface area contributed by atoms with Gasteiger partial charge >= 0.3 is 0 Å². The van der Waals surface area contributed by atoms with Crippen molar-refractivity contribution in [2.75, 3.05) is 0 Å². The van der Waals surface area contributed by atoms with Crippen LogP contribution in [-0.2, 0) is 6.61 Å². The molecule has 6 nitrogen and oxygen atoms in total. The summed E-state index contributed by atoms with van der Waals surface area (Å²) in [5, 5.41) is 15.9. The summed E-state index contributed by atoms with van der Waals surface area (Å²) in [5.74, 6) is 0.385. The molecule has 0 aliphatic carbocycles. The minimum absolute atomic E-state index is 0.0393. The Balaban J connectivity index is 1.81. The van der Waals surface area contributed by atoms with E-state index in [1.54, 1.807) is 35.9 Å². The first kappa shape index (κ1) is 16.7. The van der Waals surface area contributed by atoms with Gasteiger partial charge in [0, 0.05) is 11.6 Å². The van der Waals surface area contributed by atoms with Gasteiger partial charge in [0.1, 0.15) is 16.0 Å². The summed E-state index contributed by atoms with van der Waals surface area (Å²) in [6.45, 7) is 1.99. The Morgan fingerprint density at radius 1 is 1.08 bits per heavy atom. The Morgan fingerprint density at radius 2 is 1.83 bits per heavy atom. The highest BCUT2D eigenvalue weighted by Crippen LogP contribution is 2.21. The van der Waals surface area contributed by atoms with Crippen LogP contribution < -0.4 is 4.74 Å². The van der Waals surface area contributed by atoms with Crippen LogP contribution in [-0.4, -0.2) is 25.2 Å². The Morgan fingerprint density at radius 3 is 2.46 bits per heavy atom. The maximum absolute atomic E-state index is 12.7. The molecule has 3 rings (SSSR count). The number of aromatic nitrogens is 5. The highest BCUT2D eigenvalue weighted by molar-refractivity contribution is 14.1. The number of hydrogen-bond acceptors (Lipinski definition) is 5. The van der Waals surface area contributed by atoms with Gasteiger partial charge in [-0.2, -0.15) is 0 Å². The zero-order valence-corrected chi connectivity index (χ0v) is 14.7. The molecule has 0 amide bonds. The second kappa shape index (κ2) is 7.16. The molecule has 0 saturated heterocycles. The van der Waals surface area contributed by atoms with Gasteiger partial charge in [0.05, 0.1) is 11.4 Å². The van der Waals surface area contributed by atoms with E-state index in [1.165, 1.54) is 12.1 Å². The first-order valence-electron chi connectivity index (χ1n) is 6.96. The molecule has 1 aromatic carbocycles. The van der Waals surface area contributed by atoms with Crippen LogP contribution in [0.1, 0.15) is 23.4 Å². The Kier molecular flexibility index (Phi) is 4.97. The van der Waals surface area contributed by atoms with Crippen molar-refractivity contribution in [1.29, 1.82) is 0 Å². The average Bonchev–Trinajstić information content (AvgIpc) is 2.95. The third-order valence-electron chi connectivity index (χ3n) is 3.31. The van der Waals surface area contributed by atoms with Crippen molar-refractivity contribution in [3.05, 3.63) is 57.1 Å². The summed E-state index contributed by atoms with van der Waals surface area (Å²) in [7, 11) is 0. The van der Waals surface area contributed by atoms with Crippen LogP contribution in [0, 0.1) is 10.6 Å². The fourth-order valence-electron chi connectivity index (χ4n) is 2.03. The second-order valence-electron chi connectivity index (χ2n) is 4.91. The number of aryl methyl sites for hydroxylation is 1. The average molecular weight is 443 g/mol. The second-order valence-corrected chi connectivity index (χ2v) is 6.01. The fourth-order valence-corrected chi connectivity index (χ4v) is 2.32. The molecule has 9 heteroatoms. The van der Waals surface area contributed by atoms with Gasteiger partial charge in [0.15, 0.2) is 0 Å². The number of benzene rings is 1. The molecular formula is C15H12F2IN5O. The highest BCUT2D eigenvalue weighted by atomic mass is 127. The molecule has 0 aliphatic rings. The van der Waals surface area contributed by atoms with E-state index >= 15 is 0 Å². The zero-order chi connectivity index (χ0) is 17.1. The normalized spacial score (nSPS) is 11.0. The summed E-state index contributed by atoms with van der Waals surface area (Å²) in [5.41, 5.74) is 1.99. The van der Waals surface area contributed by atoms with Crippen molar-refractivity contribution in [2.24, 2.45) is 0 Å². The lowest BCUT2D eigenvalue weighted by Gasteiger charge is -2.09. The molecule has 3 aromatic rings. The van der Waals surface area contributed by atoms with E-state index in [2.05, 4.69) is 43.1 Å². The summed E-state index contributed by atoms with van der Waals surface area (Å²) in [6.07, 6.45) is -2.50. The van der Waals surface area contributed by atoms with E-state index in [0.29, 0.717) is 23.0 Å². The number of rotatable bonds is 5. The first-order chi connectivity index (χ1) is 11.5. The molecular weight excluding hydrogens is 431 g/mol. The molecule has 0 aliphatic heterocycles. The Labute approximate surface area is 150 Å². The number of hydrogen-bond donors (Lipinski definition) is 0. The van der Waals surface area contributed by atoms with Gasteiger partial charge in [-0.3, -0.25) is 0 Å². The molecule has 0 fully saturated rings. The van der Waals surface area contributed by atoms with Gasteiger partial charge in [-0.05, 0) is 47.7 Å². The topological polar surface area (TPSA) is 65.7 Å². The maximum Gasteiger partial charge on any atom is 0.263 e. The molecule has 2 aromatic heterocycles. The van der Waals surface area contributed by atoms with Crippen LogP contribution in [0.2, 0.25) is 0 Å². The lowest BCUT2D eigenvalue weighted by molar-refractivity contribution is 0.151. The van der Waals surface area contributed by atoms with Crippen LogP contribution in [0.25, 0.3) is 5.69 Å². The predicted molar refractivity (Wildman–Crippen MR) is 90.1 cm³/mol. The van der Waals surface area contributed by atoms with Crippen LogP contribution in [0.15, 0.2) is 36.4 Å². The van der Waals surface area contributed by atoms with Gasteiger partial charge in [0.2, 0.25) is 5.88 Å². The Bertz CT molecular complexity index is 821. The minimum Gasteiger partial charge on any atom is -0.470 e. The molecule has 0 radical (unpaired) electrons. The highest BCUT2D eigenvalue weighted by Gasteiger charge is 2.13. The molecule has 0 atom stereocenters. The number of nitrogens with zero attached hydrogens (tertiary/aromatic N) is 5. The van der Waals surface area contributed by atoms with E-state index in [4.69, 9.17) is 4.74 Å². The van der Waals surface area contributed by atoms with Crippen LogP contribution in [0.5, 0.6) is 5.88 Å². The Hall–Kier alpha value is -2.17. The first-order valence-corrected chi connectivity index (χ1v) is 8.04. The van der Waals surface area contributed by atoms with E-state index in [1.807, 2.05) is 0 Å². The smallest absolute Gasteiger partial charge is 0.263 e. The third kappa shape index (κ3) is 3.66. The molecule has 0 saturated carbocycles. The van der Waals surface area contributed by atoms with Gasteiger partial charge in [-0.1, -0.05) is 17.3 Å². The zero-order valence-electron chi connectivity index (χ0n) is 12.5. The van der Waals surface area contributed by atoms with E-state index in [9.17, 15) is 8.78 Å². The number of ether oxygens (including phenoxy) is 1. The van der Waals surface area contributed by atoms with Crippen LogP contribution in [0.4, 0.5) is 8.78 Å². The van der Waals surface area contributed by atoms with E-state index < -0.39 is 6.43 Å². The lowest BCUT2D eigenvalue weighted by atomic mass is 10.2. The third-order valence-corrected chi connectivity index (χ3v) is 3.89. The predicted octanol–water partition coefficient (Wildman–Crippen LogP) is 3.49. The number of alkyl halides is 2. The summed E-state index contributed by atoms with van der Waals surface area (Å²) in [6, 6.07) is 9.39. The molecule has 0 spiro atoms. The summed E-state index contributed by atoms with van der Waals surface area (Å²) >= 11 is 2.05. The van der Waals surface area contributed by atoms with Crippen molar-refractivity contribution in [1.82, 2.24) is 25.2 Å². The van der Waals surface area contributed by atoms with Crippen LogP contribution >= 0.6 is 22.6 Å². The van der Waals surface area contributed by atoms with Crippen molar-refractivity contribution < 1.29 is 13.5 Å². The minimum atomic E-state index is -2.50. The summed E-state index contributed by atoms with van der Waals surface area (Å²) in [4.78, 5) is 0. The molecule has 0 N–H and O–H groups in total. The van der Waals surface area contributed by atoms with E-state index in [0.717, 1.165) is 3.70 Å². The van der Waals surface area contributed by atoms with Crippen molar-refractivity contribution in [2.45, 2.75) is 20.0 Å². The van der Waals surface area contributed by atoms with Crippen molar-refractivity contribution in [3.8, 4) is 11.6 Å². The molecule has 2 heterocycles. The molecule has 124 valence electrons. The van der Waals surface area contributed by atoms with Gasteiger partial charge in [-0.15, -0.1) is 15.3 Å². The molecule has 24 heavy (non-hydrogen) atoms. The van der Waals surface area contributed by atoms with Crippen LogP contribution in [0.3, 0.4) is 0 Å². The standard InChI is InChI=1S/C15H12F2IN5O/c1-9-12(8-24-14-7-6-13(18)20-21-14)23(22-19-9)11-4-2-10(3-5-11)15(16)17/h2-7,15H,8H2,1H3. The molecule has 0 bridgehead atoms.